The summed E-state index contributed by atoms with van der Waals surface area (Å²) in [7, 11) is 0. The van der Waals surface area contributed by atoms with Gasteiger partial charge in [0.05, 0.1) is 11.3 Å². The molecule has 4 N–H and O–H groups in total. The average molecular weight is 192 g/mol. The molecule has 14 heavy (non-hydrogen) atoms. The van der Waals surface area contributed by atoms with E-state index in [2.05, 4.69) is 11.8 Å². The third kappa shape index (κ3) is 2.48. The lowest BCUT2D eigenvalue weighted by molar-refractivity contribution is 0.626. The van der Waals surface area contributed by atoms with Gasteiger partial charge in [0.25, 0.3) is 0 Å². The van der Waals surface area contributed by atoms with Crippen LogP contribution in [0.2, 0.25) is 0 Å². The average Bonchev–Trinajstić information content (AvgIpc) is 2.13. The molecule has 0 saturated carbocycles. The normalized spacial score (nSPS) is 9.36. The van der Waals surface area contributed by atoms with Gasteiger partial charge in [-0.05, 0) is 24.6 Å². The SMILES string of the molecule is Cc1cc(F)cc(C#CCCN)c1N. The Kier molecular flexibility index (Phi) is 3.49. The molecule has 0 bridgehead atoms. The molecule has 0 aliphatic heterocycles. The summed E-state index contributed by atoms with van der Waals surface area (Å²) in [6.07, 6.45) is 0.592. The fourth-order valence-corrected chi connectivity index (χ4v) is 1.09. The van der Waals surface area contributed by atoms with Crippen molar-refractivity contribution in [3.05, 3.63) is 29.1 Å². The first-order chi connectivity index (χ1) is 6.65. The molecule has 0 radical (unpaired) electrons. The third-order valence-electron chi connectivity index (χ3n) is 1.84. The lowest BCUT2D eigenvalue weighted by atomic mass is 10.1. The molecule has 0 atom stereocenters. The summed E-state index contributed by atoms with van der Waals surface area (Å²) >= 11 is 0. The van der Waals surface area contributed by atoms with Crippen LogP contribution in [-0.4, -0.2) is 6.54 Å². The fraction of sp³-hybridized carbons (Fsp3) is 0.273. The molecular weight excluding hydrogens is 179 g/mol. The molecule has 0 amide bonds. The summed E-state index contributed by atoms with van der Waals surface area (Å²) in [5, 5.41) is 0. The van der Waals surface area contributed by atoms with E-state index in [-0.39, 0.29) is 5.82 Å². The highest BCUT2D eigenvalue weighted by Gasteiger charge is 2.02. The van der Waals surface area contributed by atoms with Crippen LogP contribution in [0.1, 0.15) is 17.5 Å². The van der Waals surface area contributed by atoms with Crippen molar-refractivity contribution >= 4 is 5.69 Å². The molecule has 0 aliphatic rings. The van der Waals surface area contributed by atoms with E-state index in [1.54, 1.807) is 6.92 Å². The molecule has 1 aromatic rings. The molecule has 74 valence electrons. The van der Waals surface area contributed by atoms with Crippen LogP contribution in [0.25, 0.3) is 0 Å². The van der Waals surface area contributed by atoms with Gasteiger partial charge in [-0.25, -0.2) is 4.39 Å². The molecule has 3 heteroatoms. The maximum atomic E-state index is 13.0. The fourth-order valence-electron chi connectivity index (χ4n) is 1.09. The van der Waals surface area contributed by atoms with Crippen LogP contribution in [-0.2, 0) is 0 Å². The van der Waals surface area contributed by atoms with Gasteiger partial charge in [-0.15, -0.1) is 0 Å². The van der Waals surface area contributed by atoms with Crippen LogP contribution in [0.15, 0.2) is 12.1 Å². The highest BCUT2D eigenvalue weighted by molar-refractivity contribution is 5.60. The van der Waals surface area contributed by atoms with Gasteiger partial charge in [0.1, 0.15) is 5.82 Å². The van der Waals surface area contributed by atoms with Crippen LogP contribution in [0.3, 0.4) is 0 Å². The van der Waals surface area contributed by atoms with Crippen molar-refractivity contribution in [3.63, 3.8) is 0 Å². The van der Waals surface area contributed by atoms with Crippen molar-refractivity contribution in [1.82, 2.24) is 0 Å². The van der Waals surface area contributed by atoms with Crippen LogP contribution >= 0.6 is 0 Å². The third-order valence-corrected chi connectivity index (χ3v) is 1.84. The highest BCUT2D eigenvalue weighted by Crippen LogP contribution is 2.17. The molecule has 1 aromatic carbocycles. The van der Waals surface area contributed by atoms with Crippen molar-refractivity contribution in [3.8, 4) is 11.8 Å². The van der Waals surface area contributed by atoms with Crippen molar-refractivity contribution in [1.29, 1.82) is 0 Å². The monoisotopic (exact) mass is 192 g/mol. The van der Waals surface area contributed by atoms with E-state index in [1.165, 1.54) is 12.1 Å². The van der Waals surface area contributed by atoms with Crippen LogP contribution < -0.4 is 11.5 Å². The molecule has 2 nitrogen and oxygen atoms in total. The van der Waals surface area contributed by atoms with E-state index < -0.39 is 0 Å². The number of rotatable bonds is 1. The summed E-state index contributed by atoms with van der Waals surface area (Å²) in [5.74, 6) is 5.31. The second-order valence-electron chi connectivity index (χ2n) is 3.02. The van der Waals surface area contributed by atoms with E-state index in [0.717, 1.165) is 0 Å². The molecule has 0 aromatic heterocycles. The van der Waals surface area contributed by atoms with E-state index in [4.69, 9.17) is 11.5 Å². The van der Waals surface area contributed by atoms with Crippen molar-refractivity contribution in [2.24, 2.45) is 5.73 Å². The first kappa shape index (κ1) is 10.6. The summed E-state index contributed by atoms with van der Waals surface area (Å²) in [4.78, 5) is 0. The number of nitrogens with two attached hydrogens (primary N) is 2. The zero-order valence-corrected chi connectivity index (χ0v) is 8.10. The zero-order valence-electron chi connectivity index (χ0n) is 8.10. The molecule has 1 rings (SSSR count). The van der Waals surface area contributed by atoms with Crippen LogP contribution in [0.4, 0.5) is 10.1 Å². The standard InChI is InChI=1S/C11H13FN2/c1-8-6-10(12)7-9(11(8)14)4-2-3-5-13/h6-7H,3,5,13-14H2,1H3. The topological polar surface area (TPSA) is 52.0 Å². The maximum absolute atomic E-state index is 13.0. The summed E-state index contributed by atoms with van der Waals surface area (Å²) in [6, 6.07) is 2.73. The molecule has 0 fully saturated rings. The van der Waals surface area contributed by atoms with Gasteiger partial charge in [-0.2, -0.15) is 0 Å². The van der Waals surface area contributed by atoms with E-state index in [0.29, 0.717) is 29.8 Å². The van der Waals surface area contributed by atoms with Gasteiger partial charge in [0.2, 0.25) is 0 Å². The van der Waals surface area contributed by atoms with Gasteiger partial charge in [-0.3, -0.25) is 0 Å². The van der Waals surface area contributed by atoms with Crippen LogP contribution in [0, 0.1) is 24.6 Å². The quantitative estimate of drug-likeness (QED) is 0.522. The second-order valence-corrected chi connectivity index (χ2v) is 3.02. The Morgan fingerprint density at radius 1 is 1.43 bits per heavy atom. The van der Waals surface area contributed by atoms with Gasteiger partial charge in [-0.1, -0.05) is 11.8 Å². The lowest BCUT2D eigenvalue weighted by Crippen LogP contribution is -1.97. The Bertz CT molecular complexity index is 388. The predicted octanol–water partition coefficient (Wildman–Crippen LogP) is 1.42. The Morgan fingerprint density at radius 2 is 2.14 bits per heavy atom. The first-order valence-corrected chi connectivity index (χ1v) is 4.39. The molecule has 0 unspecified atom stereocenters. The largest absolute Gasteiger partial charge is 0.397 e. The minimum atomic E-state index is -0.311. The molecule has 0 heterocycles. The smallest absolute Gasteiger partial charge is 0.124 e. The predicted molar refractivity (Wildman–Crippen MR) is 56.1 cm³/mol. The first-order valence-electron chi connectivity index (χ1n) is 4.39. The Morgan fingerprint density at radius 3 is 2.79 bits per heavy atom. The summed E-state index contributed by atoms with van der Waals surface area (Å²) in [6.45, 7) is 2.26. The maximum Gasteiger partial charge on any atom is 0.124 e. The number of benzene rings is 1. The van der Waals surface area contributed by atoms with Crippen molar-refractivity contribution in [2.75, 3.05) is 12.3 Å². The molecular formula is C11H13FN2. The zero-order chi connectivity index (χ0) is 10.6. The number of aryl methyl sites for hydroxylation is 1. The van der Waals surface area contributed by atoms with Crippen molar-refractivity contribution < 1.29 is 4.39 Å². The van der Waals surface area contributed by atoms with E-state index in [1.807, 2.05) is 0 Å². The van der Waals surface area contributed by atoms with Crippen LogP contribution in [0.5, 0.6) is 0 Å². The van der Waals surface area contributed by atoms with E-state index >= 15 is 0 Å². The Balaban J connectivity index is 3.04. The minimum Gasteiger partial charge on any atom is -0.397 e. The summed E-state index contributed by atoms with van der Waals surface area (Å²) in [5.41, 5.74) is 12.8. The van der Waals surface area contributed by atoms with E-state index in [9.17, 15) is 4.39 Å². The van der Waals surface area contributed by atoms with Gasteiger partial charge in [0.15, 0.2) is 0 Å². The Labute approximate surface area is 83.1 Å². The van der Waals surface area contributed by atoms with Crippen molar-refractivity contribution in [2.45, 2.75) is 13.3 Å². The number of hydrogen-bond acceptors (Lipinski definition) is 2. The summed E-state index contributed by atoms with van der Waals surface area (Å²) < 4.78 is 13.0. The highest BCUT2D eigenvalue weighted by atomic mass is 19.1. The number of hydrogen-bond donors (Lipinski definition) is 2. The minimum absolute atomic E-state index is 0.311. The van der Waals surface area contributed by atoms with Gasteiger partial charge in [0, 0.05) is 13.0 Å². The molecule has 0 saturated heterocycles. The number of halogens is 1. The Hall–Kier alpha value is -1.53. The number of anilines is 1. The van der Waals surface area contributed by atoms with Gasteiger partial charge >= 0.3 is 0 Å². The number of nitrogen functional groups attached to an aromatic ring is 1. The lowest BCUT2D eigenvalue weighted by Gasteiger charge is -2.02. The second kappa shape index (κ2) is 4.64. The molecule has 0 spiro atoms. The molecule has 0 aliphatic carbocycles. The van der Waals surface area contributed by atoms with Gasteiger partial charge < -0.3 is 11.5 Å².